The van der Waals surface area contributed by atoms with E-state index in [1.165, 1.54) is 5.56 Å². The molecule has 0 bridgehead atoms. The van der Waals surface area contributed by atoms with Crippen LogP contribution in [0.15, 0.2) is 36.4 Å². The second-order valence-electron chi connectivity index (χ2n) is 5.74. The average molecular weight is 285 g/mol. The SMILES string of the molecule is CCCNC(C)c1ccc(-c2c(C)cc(C)cc2F)cc1. The number of nitrogens with one attached hydrogen (secondary N) is 1. The minimum Gasteiger partial charge on any atom is -0.310 e. The van der Waals surface area contributed by atoms with Crippen molar-refractivity contribution >= 4 is 0 Å². The molecule has 1 N–H and O–H groups in total. The van der Waals surface area contributed by atoms with Crippen molar-refractivity contribution < 1.29 is 4.39 Å². The van der Waals surface area contributed by atoms with Crippen molar-refractivity contribution in [3.8, 4) is 11.1 Å². The van der Waals surface area contributed by atoms with Gasteiger partial charge in [-0.25, -0.2) is 4.39 Å². The maximum Gasteiger partial charge on any atom is 0.131 e. The van der Waals surface area contributed by atoms with E-state index < -0.39 is 0 Å². The van der Waals surface area contributed by atoms with Crippen LogP contribution >= 0.6 is 0 Å². The zero-order valence-electron chi connectivity index (χ0n) is 13.3. The third-order valence-corrected chi connectivity index (χ3v) is 3.83. The zero-order chi connectivity index (χ0) is 15.4. The van der Waals surface area contributed by atoms with Gasteiger partial charge >= 0.3 is 0 Å². The van der Waals surface area contributed by atoms with Gasteiger partial charge in [-0.05, 0) is 62.1 Å². The maximum absolute atomic E-state index is 14.2. The number of aryl methyl sites for hydroxylation is 2. The molecule has 0 aromatic heterocycles. The monoisotopic (exact) mass is 285 g/mol. The van der Waals surface area contributed by atoms with Crippen molar-refractivity contribution in [3.05, 3.63) is 58.9 Å². The summed E-state index contributed by atoms with van der Waals surface area (Å²) in [5.41, 5.74) is 4.83. The first kappa shape index (κ1) is 15.7. The molecule has 0 aliphatic carbocycles. The van der Waals surface area contributed by atoms with E-state index in [9.17, 15) is 4.39 Å². The van der Waals surface area contributed by atoms with Crippen LogP contribution in [0.1, 0.15) is 43.0 Å². The predicted octanol–water partition coefficient (Wildman–Crippen LogP) is 5.17. The van der Waals surface area contributed by atoms with Crippen molar-refractivity contribution in [2.45, 2.75) is 40.2 Å². The quantitative estimate of drug-likeness (QED) is 0.799. The lowest BCUT2D eigenvalue weighted by Crippen LogP contribution is -2.19. The molecule has 1 atom stereocenters. The minimum atomic E-state index is -0.141. The van der Waals surface area contributed by atoms with Gasteiger partial charge < -0.3 is 5.32 Å². The van der Waals surface area contributed by atoms with Crippen molar-refractivity contribution in [1.29, 1.82) is 0 Å². The fourth-order valence-corrected chi connectivity index (χ4v) is 2.70. The van der Waals surface area contributed by atoms with Gasteiger partial charge in [0.1, 0.15) is 5.82 Å². The van der Waals surface area contributed by atoms with Crippen LogP contribution in [-0.2, 0) is 0 Å². The fourth-order valence-electron chi connectivity index (χ4n) is 2.70. The summed E-state index contributed by atoms with van der Waals surface area (Å²) in [7, 11) is 0. The van der Waals surface area contributed by atoms with E-state index in [0.717, 1.165) is 29.7 Å². The van der Waals surface area contributed by atoms with E-state index >= 15 is 0 Å². The highest BCUT2D eigenvalue weighted by molar-refractivity contribution is 5.68. The van der Waals surface area contributed by atoms with Gasteiger partial charge in [-0.2, -0.15) is 0 Å². The number of hydrogen-bond donors (Lipinski definition) is 1. The summed E-state index contributed by atoms with van der Waals surface area (Å²) < 4.78 is 14.2. The average Bonchev–Trinajstić information content (AvgIpc) is 2.44. The van der Waals surface area contributed by atoms with E-state index in [1.807, 2.05) is 32.0 Å². The fraction of sp³-hybridized carbons (Fsp3) is 0.368. The molecule has 2 heteroatoms. The second kappa shape index (κ2) is 6.86. The summed E-state index contributed by atoms with van der Waals surface area (Å²) in [4.78, 5) is 0. The Bertz CT molecular complexity index is 578. The Kier molecular flexibility index (Phi) is 5.13. The summed E-state index contributed by atoms with van der Waals surface area (Å²) in [6.45, 7) is 9.21. The van der Waals surface area contributed by atoms with Gasteiger partial charge in [-0.1, -0.05) is 37.3 Å². The summed E-state index contributed by atoms with van der Waals surface area (Å²) >= 11 is 0. The lowest BCUT2D eigenvalue weighted by Gasteiger charge is -2.15. The van der Waals surface area contributed by atoms with Gasteiger partial charge in [0.25, 0.3) is 0 Å². The first-order valence-electron chi connectivity index (χ1n) is 7.63. The molecule has 0 radical (unpaired) electrons. The molecule has 0 fully saturated rings. The summed E-state index contributed by atoms with van der Waals surface area (Å²) in [6.07, 6.45) is 1.12. The highest BCUT2D eigenvalue weighted by atomic mass is 19.1. The molecule has 0 saturated heterocycles. The smallest absolute Gasteiger partial charge is 0.131 e. The van der Waals surface area contributed by atoms with Crippen LogP contribution in [0.5, 0.6) is 0 Å². The highest BCUT2D eigenvalue weighted by Gasteiger charge is 2.10. The molecule has 0 amide bonds. The summed E-state index contributed by atoms with van der Waals surface area (Å²) in [5, 5.41) is 3.46. The Hall–Kier alpha value is -1.67. The number of hydrogen-bond acceptors (Lipinski definition) is 1. The highest BCUT2D eigenvalue weighted by Crippen LogP contribution is 2.28. The lowest BCUT2D eigenvalue weighted by molar-refractivity contribution is 0.571. The van der Waals surface area contributed by atoms with Crippen LogP contribution in [-0.4, -0.2) is 6.54 Å². The van der Waals surface area contributed by atoms with Gasteiger partial charge in [0.05, 0.1) is 0 Å². The number of halogens is 1. The molecule has 21 heavy (non-hydrogen) atoms. The first-order chi connectivity index (χ1) is 10.0. The molecule has 2 aromatic carbocycles. The third-order valence-electron chi connectivity index (χ3n) is 3.83. The van der Waals surface area contributed by atoms with Gasteiger partial charge in [0.2, 0.25) is 0 Å². The van der Waals surface area contributed by atoms with E-state index in [-0.39, 0.29) is 5.82 Å². The molecule has 112 valence electrons. The zero-order valence-corrected chi connectivity index (χ0v) is 13.3. The van der Waals surface area contributed by atoms with E-state index in [0.29, 0.717) is 11.6 Å². The van der Waals surface area contributed by atoms with Crippen LogP contribution in [0.25, 0.3) is 11.1 Å². The summed E-state index contributed by atoms with van der Waals surface area (Å²) in [6, 6.07) is 12.1. The Morgan fingerprint density at radius 3 is 2.33 bits per heavy atom. The molecular formula is C19H24FN. The molecule has 2 rings (SSSR count). The molecule has 0 saturated carbocycles. The Labute approximate surface area is 127 Å². The van der Waals surface area contributed by atoms with Crippen molar-refractivity contribution in [2.75, 3.05) is 6.54 Å². The van der Waals surface area contributed by atoms with Crippen molar-refractivity contribution in [2.24, 2.45) is 0 Å². The molecule has 0 heterocycles. The van der Waals surface area contributed by atoms with Gasteiger partial charge in [0, 0.05) is 11.6 Å². The standard InChI is InChI=1S/C19H24FN/c1-5-10-21-15(4)16-6-8-17(9-7-16)19-14(3)11-13(2)12-18(19)20/h6-9,11-12,15,21H,5,10H2,1-4H3. The molecule has 1 nitrogen and oxygen atoms in total. The largest absolute Gasteiger partial charge is 0.310 e. The number of benzene rings is 2. The van der Waals surface area contributed by atoms with E-state index in [2.05, 4.69) is 31.3 Å². The topological polar surface area (TPSA) is 12.0 Å². The Morgan fingerprint density at radius 2 is 1.76 bits per heavy atom. The molecule has 0 aliphatic rings. The van der Waals surface area contributed by atoms with E-state index in [1.54, 1.807) is 6.07 Å². The predicted molar refractivity (Wildman–Crippen MR) is 88.0 cm³/mol. The third kappa shape index (κ3) is 3.70. The van der Waals surface area contributed by atoms with Crippen LogP contribution < -0.4 is 5.32 Å². The van der Waals surface area contributed by atoms with E-state index in [4.69, 9.17) is 0 Å². The molecular weight excluding hydrogens is 261 g/mol. The Morgan fingerprint density at radius 1 is 1.10 bits per heavy atom. The van der Waals surface area contributed by atoms with Crippen molar-refractivity contribution in [1.82, 2.24) is 5.32 Å². The molecule has 0 spiro atoms. The van der Waals surface area contributed by atoms with Crippen molar-refractivity contribution in [3.63, 3.8) is 0 Å². The normalized spacial score (nSPS) is 12.4. The van der Waals surface area contributed by atoms with Gasteiger partial charge in [-0.3, -0.25) is 0 Å². The number of rotatable bonds is 5. The Balaban J connectivity index is 2.27. The van der Waals surface area contributed by atoms with Crippen LogP contribution in [0.2, 0.25) is 0 Å². The van der Waals surface area contributed by atoms with Crippen LogP contribution in [0.4, 0.5) is 4.39 Å². The molecule has 1 unspecified atom stereocenters. The molecule has 0 aliphatic heterocycles. The minimum absolute atomic E-state index is 0.141. The van der Waals surface area contributed by atoms with Crippen LogP contribution in [0.3, 0.4) is 0 Å². The van der Waals surface area contributed by atoms with Gasteiger partial charge in [-0.15, -0.1) is 0 Å². The maximum atomic E-state index is 14.2. The van der Waals surface area contributed by atoms with Gasteiger partial charge in [0.15, 0.2) is 0 Å². The summed E-state index contributed by atoms with van der Waals surface area (Å²) in [5.74, 6) is -0.141. The van der Waals surface area contributed by atoms with Crippen LogP contribution in [0, 0.1) is 19.7 Å². The second-order valence-corrected chi connectivity index (χ2v) is 5.74. The molecule has 2 aromatic rings. The first-order valence-corrected chi connectivity index (χ1v) is 7.63. The lowest BCUT2D eigenvalue weighted by atomic mass is 9.96.